The van der Waals surface area contributed by atoms with Crippen molar-refractivity contribution < 1.29 is 4.79 Å². The van der Waals surface area contributed by atoms with E-state index in [4.69, 9.17) is 5.73 Å². The predicted octanol–water partition coefficient (Wildman–Crippen LogP) is 2.27. The molecule has 0 saturated carbocycles. The quantitative estimate of drug-likeness (QED) is 0.896. The van der Waals surface area contributed by atoms with Gasteiger partial charge in [0.2, 0.25) is 0 Å². The lowest BCUT2D eigenvalue weighted by molar-refractivity contribution is 0.0747. The second kappa shape index (κ2) is 5.77. The average Bonchev–Trinajstić information content (AvgIpc) is 2.76. The molecule has 106 valence electrons. The number of nitrogens with one attached hydrogen (secondary N) is 1. The molecule has 1 amide bonds. The van der Waals surface area contributed by atoms with E-state index in [9.17, 15) is 4.79 Å². The van der Waals surface area contributed by atoms with E-state index in [-0.39, 0.29) is 5.91 Å². The van der Waals surface area contributed by atoms with Gasteiger partial charge in [0, 0.05) is 13.1 Å². The van der Waals surface area contributed by atoms with Gasteiger partial charge >= 0.3 is 0 Å². The lowest BCUT2D eigenvalue weighted by Gasteiger charge is -2.20. The Morgan fingerprint density at radius 2 is 2.15 bits per heavy atom. The van der Waals surface area contributed by atoms with E-state index in [1.165, 1.54) is 5.56 Å². The first-order chi connectivity index (χ1) is 9.52. The van der Waals surface area contributed by atoms with Crippen molar-refractivity contribution >= 4 is 11.6 Å². The Labute approximate surface area is 118 Å². The number of aryl methyl sites for hydroxylation is 2. The van der Waals surface area contributed by atoms with Crippen LogP contribution in [0.3, 0.4) is 0 Å². The Bertz CT molecular complexity index is 618. The molecule has 0 fully saturated rings. The van der Waals surface area contributed by atoms with Crippen LogP contribution in [0.25, 0.3) is 0 Å². The van der Waals surface area contributed by atoms with Crippen molar-refractivity contribution in [3.05, 3.63) is 46.8 Å². The Morgan fingerprint density at radius 1 is 1.40 bits per heavy atom. The van der Waals surface area contributed by atoms with Gasteiger partial charge in [0.15, 0.2) is 5.69 Å². The summed E-state index contributed by atoms with van der Waals surface area (Å²) >= 11 is 0. The van der Waals surface area contributed by atoms with Gasteiger partial charge in [0.05, 0.1) is 11.4 Å². The zero-order chi connectivity index (χ0) is 14.7. The van der Waals surface area contributed by atoms with E-state index >= 15 is 0 Å². The van der Waals surface area contributed by atoms with E-state index in [0.717, 1.165) is 11.3 Å². The largest absolute Gasteiger partial charge is 0.395 e. The number of carbonyl (C=O) groups excluding carboxylic acids is 1. The van der Waals surface area contributed by atoms with Crippen molar-refractivity contribution in [3.8, 4) is 0 Å². The summed E-state index contributed by atoms with van der Waals surface area (Å²) in [7, 11) is 0. The molecule has 0 bridgehead atoms. The van der Waals surface area contributed by atoms with Crippen LogP contribution in [-0.2, 0) is 6.54 Å². The number of benzene rings is 1. The molecule has 5 nitrogen and oxygen atoms in total. The molecule has 1 aromatic carbocycles. The fraction of sp³-hybridized carbons (Fsp3) is 0.333. The zero-order valence-corrected chi connectivity index (χ0v) is 12.1. The third kappa shape index (κ3) is 2.82. The molecule has 0 aliphatic carbocycles. The first-order valence-electron chi connectivity index (χ1n) is 6.68. The fourth-order valence-electron chi connectivity index (χ4n) is 2.11. The topological polar surface area (TPSA) is 75.0 Å². The molecule has 2 aromatic rings. The summed E-state index contributed by atoms with van der Waals surface area (Å²) in [6.45, 7) is 6.95. The van der Waals surface area contributed by atoms with E-state index in [2.05, 4.69) is 16.3 Å². The second-order valence-corrected chi connectivity index (χ2v) is 4.92. The molecule has 20 heavy (non-hydrogen) atoms. The standard InChI is InChI=1S/C15H20N4O/c1-4-19(9-12-7-5-6-10(2)8-12)15(20)14-13(16)11(3)17-18-14/h5-8H,4,9,16H2,1-3H3,(H,17,18). The van der Waals surface area contributed by atoms with Gasteiger partial charge in [0.1, 0.15) is 0 Å². The van der Waals surface area contributed by atoms with Crippen LogP contribution in [0.5, 0.6) is 0 Å². The van der Waals surface area contributed by atoms with Gasteiger partial charge in [-0.15, -0.1) is 0 Å². The maximum Gasteiger partial charge on any atom is 0.276 e. The second-order valence-electron chi connectivity index (χ2n) is 4.92. The molecule has 0 saturated heterocycles. The maximum atomic E-state index is 12.5. The van der Waals surface area contributed by atoms with Gasteiger partial charge in [-0.05, 0) is 26.3 Å². The summed E-state index contributed by atoms with van der Waals surface area (Å²) in [5.74, 6) is -0.143. The highest BCUT2D eigenvalue weighted by molar-refractivity contribution is 5.97. The summed E-state index contributed by atoms with van der Waals surface area (Å²) in [6.07, 6.45) is 0. The highest BCUT2D eigenvalue weighted by Gasteiger charge is 2.21. The molecule has 1 aromatic heterocycles. The number of carbonyl (C=O) groups is 1. The number of nitrogen functional groups attached to an aromatic ring is 1. The van der Waals surface area contributed by atoms with Crippen LogP contribution in [0, 0.1) is 13.8 Å². The third-order valence-electron chi connectivity index (χ3n) is 3.32. The number of amides is 1. The first-order valence-corrected chi connectivity index (χ1v) is 6.68. The van der Waals surface area contributed by atoms with Crippen molar-refractivity contribution in [2.75, 3.05) is 12.3 Å². The van der Waals surface area contributed by atoms with Crippen LogP contribution in [0.1, 0.15) is 34.2 Å². The molecule has 3 N–H and O–H groups in total. The van der Waals surface area contributed by atoms with E-state index in [1.54, 1.807) is 11.8 Å². The van der Waals surface area contributed by atoms with E-state index in [0.29, 0.717) is 24.5 Å². The number of nitrogens with two attached hydrogens (primary N) is 1. The third-order valence-corrected chi connectivity index (χ3v) is 3.32. The van der Waals surface area contributed by atoms with Gasteiger partial charge in [-0.3, -0.25) is 9.89 Å². The lowest BCUT2D eigenvalue weighted by atomic mass is 10.1. The molecule has 1 heterocycles. The van der Waals surface area contributed by atoms with Gasteiger partial charge in [-0.25, -0.2) is 0 Å². The number of rotatable bonds is 4. The summed E-state index contributed by atoms with van der Waals surface area (Å²) in [6, 6.07) is 8.13. The Balaban J connectivity index is 2.20. The van der Waals surface area contributed by atoms with Crippen LogP contribution in [0.15, 0.2) is 24.3 Å². The van der Waals surface area contributed by atoms with Gasteiger partial charge in [-0.2, -0.15) is 5.10 Å². The smallest absolute Gasteiger partial charge is 0.276 e. The minimum atomic E-state index is -0.143. The Morgan fingerprint density at radius 3 is 2.70 bits per heavy atom. The highest BCUT2D eigenvalue weighted by atomic mass is 16.2. The van der Waals surface area contributed by atoms with E-state index < -0.39 is 0 Å². The minimum Gasteiger partial charge on any atom is -0.395 e. The number of aromatic nitrogens is 2. The van der Waals surface area contributed by atoms with Crippen molar-refractivity contribution in [2.45, 2.75) is 27.3 Å². The molecule has 0 radical (unpaired) electrons. The summed E-state index contributed by atoms with van der Waals surface area (Å²) in [5, 5.41) is 6.75. The van der Waals surface area contributed by atoms with Gasteiger partial charge < -0.3 is 10.6 Å². The van der Waals surface area contributed by atoms with Crippen LogP contribution in [0.4, 0.5) is 5.69 Å². The van der Waals surface area contributed by atoms with Crippen molar-refractivity contribution in [2.24, 2.45) is 0 Å². The number of aromatic amines is 1. The molecule has 0 spiro atoms. The van der Waals surface area contributed by atoms with Gasteiger partial charge in [-0.1, -0.05) is 29.8 Å². The van der Waals surface area contributed by atoms with E-state index in [1.807, 2.05) is 32.0 Å². The molecule has 0 atom stereocenters. The number of hydrogen-bond donors (Lipinski definition) is 2. The molecular formula is C15H20N4O. The SMILES string of the molecule is CCN(Cc1cccc(C)c1)C(=O)c1n[nH]c(C)c1N. The molecule has 0 unspecified atom stereocenters. The molecule has 5 heteroatoms. The number of H-pyrrole nitrogens is 1. The fourth-order valence-corrected chi connectivity index (χ4v) is 2.11. The lowest BCUT2D eigenvalue weighted by Crippen LogP contribution is -2.31. The van der Waals surface area contributed by atoms with Crippen molar-refractivity contribution in [3.63, 3.8) is 0 Å². The monoisotopic (exact) mass is 272 g/mol. The Hall–Kier alpha value is -2.30. The average molecular weight is 272 g/mol. The van der Waals surface area contributed by atoms with Crippen LogP contribution < -0.4 is 5.73 Å². The summed E-state index contributed by atoms with van der Waals surface area (Å²) in [4.78, 5) is 14.2. The molecular weight excluding hydrogens is 252 g/mol. The number of nitrogens with zero attached hydrogens (tertiary/aromatic N) is 2. The first kappa shape index (κ1) is 14.1. The number of hydrogen-bond acceptors (Lipinski definition) is 3. The van der Waals surface area contributed by atoms with Crippen LogP contribution >= 0.6 is 0 Å². The van der Waals surface area contributed by atoms with Crippen LogP contribution in [-0.4, -0.2) is 27.5 Å². The normalized spacial score (nSPS) is 10.6. The maximum absolute atomic E-state index is 12.5. The highest BCUT2D eigenvalue weighted by Crippen LogP contribution is 2.16. The zero-order valence-electron chi connectivity index (χ0n) is 12.1. The Kier molecular flexibility index (Phi) is 4.08. The molecule has 0 aliphatic rings. The molecule has 0 aliphatic heterocycles. The van der Waals surface area contributed by atoms with Crippen molar-refractivity contribution in [1.82, 2.24) is 15.1 Å². The van der Waals surface area contributed by atoms with Crippen molar-refractivity contribution in [1.29, 1.82) is 0 Å². The number of anilines is 1. The van der Waals surface area contributed by atoms with Crippen LogP contribution in [0.2, 0.25) is 0 Å². The summed E-state index contributed by atoms with van der Waals surface area (Å²) < 4.78 is 0. The van der Waals surface area contributed by atoms with Gasteiger partial charge in [0.25, 0.3) is 5.91 Å². The molecule has 2 rings (SSSR count). The summed E-state index contributed by atoms with van der Waals surface area (Å²) in [5.41, 5.74) is 9.61. The minimum absolute atomic E-state index is 0.143. The predicted molar refractivity (Wildman–Crippen MR) is 79.3 cm³/mol.